The third-order valence-corrected chi connectivity index (χ3v) is 8.98. The summed E-state index contributed by atoms with van der Waals surface area (Å²) in [6.45, 7) is 17.1. The first-order valence-electron chi connectivity index (χ1n) is 18.4. The molecule has 0 aromatic heterocycles. The molecule has 10 heteroatoms. The summed E-state index contributed by atoms with van der Waals surface area (Å²) in [6.07, 6.45) is 7.74. The van der Waals surface area contributed by atoms with Crippen LogP contribution in [0.5, 0.6) is 0 Å². The predicted octanol–water partition coefficient (Wildman–Crippen LogP) is 8.25. The van der Waals surface area contributed by atoms with Gasteiger partial charge in [0.1, 0.15) is 29.3 Å². The summed E-state index contributed by atoms with van der Waals surface area (Å²) in [5, 5.41) is 5.82. The average Bonchev–Trinajstić information content (AvgIpc) is 3.03. The van der Waals surface area contributed by atoms with Gasteiger partial charge in [0.15, 0.2) is 0 Å². The van der Waals surface area contributed by atoms with Crippen molar-refractivity contribution in [2.45, 2.75) is 143 Å². The predicted molar refractivity (Wildman–Crippen MR) is 208 cm³/mol. The van der Waals surface area contributed by atoms with Crippen LogP contribution in [0, 0.1) is 13.8 Å². The van der Waals surface area contributed by atoms with Crippen molar-refractivity contribution >= 4 is 35.6 Å². The van der Waals surface area contributed by atoms with E-state index in [0.717, 1.165) is 48.8 Å². The highest BCUT2D eigenvalue weighted by atomic mass is 32.2. The van der Waals surface area contributed by atoms with Crippen LogP contribution in [0.15, 0.2) is 48.5 Å². The van der Waals surface area contributed by atoms with E-state index in [9.17, 15) is 19.2 Å². The van der Waals surface area contributed by atoms with E-state index in [-0.39, 0.29) is 18.9 Å². The van der Waals surface area contributed by atoms with Gasteiger partial charge in [-0.1, -0.05) is 87.6 Å². The summed E-state index contributed by atoms with van der Waals surface area (Å²) in [5.41, 5.74) is 1.96. The zero-order chi connectivity index (χ0) is 38.2. The fourth-order valence-corrected chi connectivity index (χ4v) is 6.12. The molecule has 0 saturated carbocycles. The van der Waals surface area contributed by atoms with Gasteiger partial charge in [0.25, 0.3) is 0 Å². The summed E-state index contributed by atoms with van der Waals surface area (Å²) < 4.78 is 11.3. The second-order valence-corrected chi connectivity index (χ2v) is 16.3. The number of amides is 3. The number of esters is 1. The van der Waals surface area contributed by atoms with Crippen molar-refractivity contribution in [1.82, 2.24) is 15.5 Å². The Morgan fingerprint density at radius 3 is 2.00 bits per heavy atom. The maximum Gasteiger partial charge on any atom is 0.408 e. The Kier molecular flexibility index (Phi) is 18.1. The minimum Gasteiger partial charge on any atom is -0.458 e. The second-order valence-electron chi connectivity index (χ2n) is 15.3. The molecule has 284 valence electrons. The van der Waals surface area contributed by atoms with Gasteiger partial charge in [-0.15, -0.1) is 0 Å². The second kappa shape index (κ2) is 21.1. The number of nitrogens with one attached hydrogen (secondary N) is 2. The number of unbranched alkanes of at least 4 members (excludes halogenated alkanes) is 5. The molecule has 0 heterocycles. The molecule has 0 aliphatic rings. The number of ether oxygens (including phenoxy) is 2. The Morgan fingerprint density at radius 2 is 1.41 bits per heavy atom. The van der Waals surface area contributed by atoms with E-state index in [1.54, 1.807) is 58.2 Å². The molecular formula is C41H63N3O6S. The molecule has 9 nitrogen and oxygen atoms in total. The smallest absolute Gasteiger partial charge is 0.408 e. The van der Waals surface area contributed by atoms with Crippen LogP contribution < -0.4 is 10.6 Å². The number of hydrogen-bond acceptors (Lipinski definition) is 7. The molecule has 0 saturated heterocycles. The highest BCUT2D eigenvalue weighted by Gasteiger charge is 2.38. The molecule has 0 spiro atoms. The van der Waals surface area contributed by atoms with E-state index in [2.05, 4.69) is 17.6 Å². The molecule has 0 aliphatic heterocycles. The number of thioether (sulfide) groups is 1. The molecule has 0 fully saturated rings. The van der Waals surface area contributed by atoms with Gasteiger partial charge in [-0.2, -0.15) is 11.8 Å². The summed E-state index contributed by atoms with van der Waals surface area (Å²) in [5.74, 6) is -0.823. The first-order chi connectivity index (χ1) is 24.0. The monoisotopic (exact) mass is 725 g/mol. The van der Waals surface area contributed by atoms with Crippen LogP contribution >= 0.6 is 11.8 Å². The van der Waals surface area contributed by atoms with Crippen molar-refractivity contribution in [3.05, 3.63) is 70.8 Å². The van der Waals surface area contributed by atoms with Gasteiger partial charge in [-0.05, 0) is 102 Å². The van der Waals surface area contributed by atoms with Crippen molar-refractivity contribution < 1.29 is 28.7 Å². The summed E-state index contributed by atoms with van der Waals surface area (Å²) >= 11 is 1.57. The SMILES string of the molecule is CCCCCCCCN(C(=O)C(CCSC)NC(=O)OC(C)(C)C)C(C(=O)NC(Cc1ccccc1)C(=O)OC(C)(C)C)c1ccc(C)c(C)c1. The molecule has 3 amide bonds. The fraction of sp³-hybridized carbons (Fsp3) is 0.610. The third kappa shape index (κ3) is 16.1. The number of aryl methyl sites for hydroxylation is 2. The Hall–Kier alpha value is -3.53. The summed E-state index contributed by atoms with van der Waals surface area (Å²) in [7, 11) is 0. The molecule has 2 aromatic carbocycles. The molecule has 2 rings (SSSR count). The minimum absolute atomic E-state index is 0.211. The van der Waals surface area contributed by atoms with E-state index in [0.29, 0.717) is 24.2 Å². The van der Waals surface area contributed by atoms with Crippen LogP contribution in [0.2, 0.25) is 0 Å². The van der Waals surface area contributed by atoms with Crippen molar-refractivity contribution in [3.8, 4) is 0 Å². The van der Waals surface area contributed by atoms with Gasteiger partial charge in [-0.3, -0.25) is 9.59 Å². The van der Waals surface area contributed by atoms with Crippen LogP contribution in [0.4, 0.5) is 4.79 Å². The van der Waals surface area contributed by atoms with E-state index in [1.807, 2.05) is 68.6 Å². The Bertz CT molecular complexity index is 1400. The minimum atomic E-state index is -1.08. The fourth-order valence-electron chi connectivity index (χ4n) is 5.65. The van der Waals surface area contributed by atoms with Crippen LogP contribution in [-0.2, 0) is 30.3 Å². The van der Waals surface area contributed by atoms with Gasteiger partial charge in [0.2, 0.25) is 11.8 Å². The zero-order valence-electron chi connectivity index (χ0n) is 32.7. The number of benzene rings is 2. The summed E-state index contributed by atoms with van der Waals surface area (Å²) in [4.78, 5) is 57.8. The van der Waals surface area contributed by atoms with Crippen molar-refractivity contribution in [3.63, 3.8) is 0 Å². The van der Waals surface area contributed by atoms with E-state index >= 15 is 0 Å². The molecule has 3 unspecified atom stereocenters. The van der Waals surface area contributed by atoms with E-state index in [4.69, 9.17) is 9.47 Å². The highest BCUT2D eigenvalue weighted by Crippen LogP contribution is 2.27. The lowest BCUT2D eigenvalue weighted by Crippen LogP contribution is -2.55. The van der Waals surface area contributed by atoms with Gasteiger partial charge in [0, 0.05) is 13.0 Å². The van der Waals surface area contributed by atoms with Gasteiger partial charge in [0.05, 0.1) is 0 Å². The lowest BCUT2D eigenvalue weighted by molar-refractivity contribution is -0.159. The maximum absolute atomic E-state index is 14.8. The topological polar surface area (TPSA) is 114 Å². The standard InChI is InChI=1S/C41H63N3O6S/c1-11-12-13-14-15-19-25-44(37(46)33(24-26-51-10)43-39(48)50-41(7,8)9)35(32-23-22-29(2)30(3)27-32)36(45)42-34(38(47)49-40(4,5)6)28-31-20-17-16-18-21-31/h16-18,20-23,27,33-35H,11-15,19,24-26,28H2,1-10H3,(H,42,45)(H,43,48). The lowest BCUT2D eigenvalue weighted by atomic mass is 9.97. The maximum atomic E-state index is 14.8. The number of hydrogen-bond donors (Lipinski definition) is 2. The number of carbonyl (C=O) groups excluding carboxylic acids is 4. The first-order valence-corrected chi connectivity index (χ1v) is 19.8. The molecule has 3 atom stereocenters. The van der Waals surface area contributed by atoms with Crippen LogP contribution in [-0.4, -0.2) is 70.6 Å². The van der Waals surface area contributed by atoms with Crippen LogP contribution in [0.1, 0.15) is 122 Å². The van der Waals surface area contributed by atoms with Gasteiger partial charge < -0.3 is 25.0 Å². The van der Waals surface area contributed by atoms with Crippen LogP contribution in [0.3, 0.4) is 0 Å². The van der Waals surface area contributed by atoms with Gasteiger partial charge in [-0.25, -0.2) is 9.59 Å². The Morgan fingerprint density at radius 1 is 0.784 bits per heavy atom. The lowest BCUT2D eigenvalue weighted by Gasteiger charge is -2.35. The normalized spacial score (nSPS) is 13.5. The number of carbonyl (C=O) groups is 4. The quantitative estimate of drug-likeness (QED) is 0.111. The number of alkyl carbamates (subject to hydrolysis) is 1. The Labute approximate surface area is 311 Å². The number of nitrogens with zero attached hydrogens (tertiary/aromatic N) is 1. The molecule has 0 radical (unpaired) electrons. The molecule has 51 heavy (non-hydrogen) atoms. The molecular weight excluding hydrogens is 663 g/mol. The third-order valence-electron chi connectivity index (χ3n) is 8.33. The Balaban J connectivity index is 2.65. The average molecular weight is 726 g/mol. The largest absolute Gasteiger partial charge is 0.458 e. The van der Waals surface area contributed by atoms with Crippen molar-refractivity contribution in [1.29, 1.82) is 0 Å². The van der Waals surface area contributed by atoms with Crippen LogP contribution in [0.25, 0.3) is 0 Å². The first kappa shape index (κ1) is 43.6. The highest BCUT2D eigenvalue weighted by molar-refractivity contribution is 7.98. The molecule has 0 aliphatic carbocycles. The van der Waals surface area contributed by atoms with E-state index in [1.165, 1.54) is 0 Å². The molecule has 0 bridgehead atoms. The molecule has 2 aromatic rings. The summed E-state index contributed by atoms with van der Waals surface area (Å²) in [6, 6.07) is 12.2. The van der Waals surface area contributed by atoms with E-state index < -0.39 is 47.3 Å². The van der Waals surface area contributed by atoms with Crippen molar-refractivity contribution in [2.75, 3.05) is 18.6 Å². The zero-order valence-corrected chi connectivity index (χ0v) is 33.5. The van der Waals surface area contributed by atoms with Crippen molar-refractivity contribution in [2.24, 2.45) is 0 Å². The number of rotatable bonds is 19. The molecule has 2 N–H and O–H groups in total. The van der Waals surface area contributed by atoms with Gasteiger partial charge >= 0.3 is 12.1 Å².